The molecular weight excluding hydrogens is 224 g/mol. The van der Waals surface area contributed by atoms with Crippen LogP contribution >= 0.6 is 0 Å². The van der Waals surface area contributed by atoms with E-state index in [1.54, 1.807) is 6.33 Å². The molecule has 1 aliphatic heterocycles. The average Bonchev–Trinajstić information content (AvgIpc) is 3.16. The van der Waals surface area contributed by atoms with Gasteiger partial charge in [-0.25, -0.2) is 4.98 Å². The number of rotatable bonds is 4. The lowest BCUT2D eigenvalue weighted by molar-refractivity contribution is 0.262. The van der Waals surface area contributed by atoms with Crippen LogP contribution in [-0.4, -0.2) is 26.8 Å². The summed E-state index contributed by atoms with van der Waals surface area (Å²) in [4.78, 5) is 4.48. The molecule has 1 saturated carbocycles. The first-order chi connectivity index (χ1) is 8.84. The number of aromatic nitrogens is 3. The Morgan fingerprint density at radius 2 is 2.28 bits per heavy atom. The molecule has 1 saturated heterocycles. The molecule has 0 amide bonds. The molecule has 1 aromatic rings. The second-order valence-electron chi connectivity index (χ2n) is 5.84. The van der Waals surface area contributed by atoms with Crippen LogP contribution in [0, 0.1) is 5.92 Å². The van der Waals surface area contributed by atoms with Gasteiger partial charge >= 0.3 is 0 Å². The van der Waals surface area contributed by atoms with Gasteiger partial charge in [-0.05, 0) is 45.1 Å². The molecule has 1 aromatic heterocycles. The lowest BCUT2D eigenvalue weighted by Gasteiger charge is -2.34. The third-order valence-corrected chi connectivity index (χ3v) is 4.60. The van der Waals surface area contributed by atoms with Crippen LogP contribution in [0.1, 0.15) is 51.3 Å². The average molecular weight is 248 g/mol. The molecule has 0 spiro atoms. The summed E-state index contributed by atoms with van der Waals surface area (Å²) in [5.74, 6) is 2.04. The van der Waals surface area contributed by atoms with E-state index in [-0.39, 0.29) is 0 Å². The van der Waals surface area contributed by atoms with Crippen molar-refractivity contribution in [1.82, 2.24) is 20.1 Å². The van der Waals surface area contributed by atoms with Crippen molar-refractivity contribution >= 4 is 0 Å². The molecule has 18 heavy (non-hydrogen) atoms. The maximum absolute atomic E-state index is 4.48. The first-order valence-corrected chi connectivity index (χ1v) is 7.46. The lowest BCUT2D eigenvalue weighted by atomic mass is 9.84. The van der Waals surface area contributed by atoms with E-state index in [2.05, 4.69) is 27.0 Å². The van der Waals surface area contributed by atoms with Crippen molar-refractivity contribution < 1.29 is 0 Å². The van der Waals surface area contributed by atoms with E-state index in [1.165, 1.54) is 50.9 Å². The van der Waals surface area contributed by atoms with Gasteiger partial charge in [0.2, 0.25) is 0 Å². The van der Waals surface area contributed by atoms with Gasteiger partial charge in [0, 0.05) is 18.5 Å². The Morgan fingerprint density at radius 1 is 1.39 bits per heavy atom. The van der Waals surface area contributed by atoms with Gasteiger partial charge in [-0.1, -0.05) is 12.8 Å². The fraction of sp³-hybridized carbons (Fsp3) is 0.857. The van der Waals surface area contributed by atoms with Gasteiger partial charge in [0.1, 0.15) is 12.2 Å². The smallest absolute Gasteiger partial charge is 0.138 e. The van der Waals surface area contributed by atoms with Gasteiger partial charge in [-0.3, -0.25) is 4.68 Å². The molecule has 1 atom stereocenters. The summed E-state index contributed by atoms with van der Waals surface area (Å²) < 4.78 is 2.05. The van der Waals surface area contributed by atoms with Gasteiger partial charge in [-0.2, -0.15) is 5.10 Å². The van der Waals surface area contributed by atoms with Crippen LogP contribution in [0.15, 0.2) is 6.33 Å². The summed E-state index contributed by atoms with van der Waals surface area (Å²) in [7, 11) is 0. The minimum absolute atomic E-state index is 0.316. The van der Waals surface area contributed by atoms with Crippen LogP contribution in [0.5, 0.6) is 0 Å². The Morgan fingerprint density at radius 3 is 3.06 bits per heavy atom. The summed E-state index contributed by atoms with van der Waals surface area (Å²) in [5, 5.41) is 8.18. The van der Waals surface area contributed by atoms with E-state index >= 15 is 0 Å². The molecule has 0 aromatic carbocycles. The van der Waals surface area contributed by atoms with Crippen molar-refractivity contribution in [2.45, 2.75) is 64.0 Å². The first-order valence-electron chi connectivity index (χ1n) is 7.46. The largest absolute Gasteiger partial charge is 0.311 e. The van der Waals surface area contributed by atoms with Crippen molar-refractivity contribution in [3.05, 3.63) is 12.2 Å². The Labute approximate surface area is 109 Å². The van der Waals surface area contributed by atoms with E-state index in [9.17, 15) is 0 Å². The predicted octanol–water partition coefficient (Wildman–Crippen LogP) is 2.15. The first kappa shape index (κ1) is 12.2. The summed E-state index contributed by atoms with van der Waals surface area (Å²) in [6.45, 7) is 4.25. The quantitative estimate of drug-likeness (QED) is 0.888. The molecule has 0 radical (unpaired) electrons. The highest BCUT2D eigenvalue weighted by molar-refractivity contribution is 5.07. The highest BCUT2D eigenvalue weighted by Crippen LogP contribution is 2.44. The topological polar surface area (TPSA) is 42.7 Å². The third-order valence-electron chi connectivity index (χ3n) is 4.60. The monoisotopic (exact) mass is 248 g/mol. The molecule has 2 heterocycles. The van der Waals surface area contributed by atoms with Gasteiger partial charge in [0.05, 0.1) is 0 Å². The molecule has 1 aliphatic carbocycles. The molecule has 4 heteroatoms. The molecule has 3 rings (SSSR count). The van der Waals surface area contributed by atoms with Crippen LogP contribution in [0.4, 0.5) is 0 Å². The summed E-state index contributed by atoms with van der Waals surface area (Å²) in [6.07, 6.45) is 10.9. The van der Waals surface area contributed by atoms with Crippen LogP contribution < -0.4 is 5.32 Å². The Balaban J connectivity index is 1.81. The van der Waals surface area contributed by atoms with Crippen LogP contribution in [-0.2, 0) is 13.0 Å². The predicted molar refractivity (Wildman–Crippen MR) is 71.3 cm³/mol. The molecule has 4 nitrogen and oxygen atoms in total. The van der Waals surface area contributed by atoms with Crippen LogP contribution in [0.25, 0.3) is 0 Å². The van der Waals surface area contributed by atoms with E-state index in [0.717, 1.165) is 18.9 Å². The Kier molecular flexibility index (Phi) is 3.37. The highest BCUT2D eigenvalue weighted by Gasteiger charge is 2.45. The van der Waals surface area contributed by atoms with E-state index in [0.29, 0.717) is 5.54 Å². The molecule has 2 aliphatic rings. The summed E-state index contributed by atoms with van der Waals surface area (Å²) in [6, 6.07) is 0. The van der Waals surface area contributed by atoms with Gasteiger partial charge < -0.3 is 5.32 Å². The van der Waals surface area contributed by atoms with Crippen molar-refractivity contribution in [3.63, 3.8) is 0 Å². The van der Waals surface area contributed by atoms with Gasteiger partial charge in [0.25, 0.3) is 0 Å². The van der Waals surface area contributed by atoms with Gasteiger partial charge in [-0.15, -0.1) is 0 Å². The molecule has 100 valence electrons. The van der Waals surface area contributed by atoms with Crippen molar-refractivity contribution in [3.8, 4) is 0 Å². The fourth-order valence-electron chi connectivity index (χ4n) is 3.42. The van der Waals surface area contributed by atoms with Crippen LogP contribution in [0.2, 0.25) is 0 Å². The summed E-state index contributed by atoms with van der Waals surface area (Å²) >= 11 is 0. The number of nitrogens with one attached hydrogen (secondary N) is 1. The Bertz CT molecular complexity index is 386. The minimum Gasteiger partial charge on any atom is -0.311 e. The number of aryl methyl sites for hydroxylation is 1. The van der Waals surface area contributed by atoms with Gasteiger partial charge in [0.15, 0.2) is 0 Å². The zero-order valence-electron chi connectivity index (χ0n) is 11.4. The Hall–Kier alpha value is -0.900. The van der Waals surface area contributed by atoms with Crippen molar-refractivity contribution in [2.75, 3.05) is 6.54 Å². The SMILES string of the molecule is CCn1ncnc1CC1(C2CC2)CCCCCN1. The molecule has 2 fully saturated rings. The van der Waals surface area contributed by atoms with Crippen molar-refractivity contribution in [1.29, 1.82) is 0 Å². The third kappa shape index (κ3) is 2.30. The van der Waals surface area contributed by atoms with Crippen molar-refractivity contribution in [2.24, 2.45) is 5.92 Å². The summed E-state index contributed by atoms with van der Waals surface area (Å²) in [5.41, 5.74) is 0.316. The normalized spacial score (nSPS) is 29.2. The number of hydrogen-bond acceptors (Lipinski definition) is 3. The zero-order valence-corrected chi connectivity index (χ0v) is 11.4. The number of nitrogens with zero attached hydrogens (tertiary/aromatic N) is 3. The zero-order chi connectivity index (χ0) is 12.4. The molecule has 1 unspecified atom stereocenters. The maximum Gasteiger partial charge on any atom is 0.138 e. The number of hydrogen-bond donors (Lipinski definition) is 1. The van der Waals surface area contributed by atoms with E-state index < -0.39 is 0 Å². The highest BCUT2D eigenvalue weighted by atomic mass is 15.3. The molecular formula is C14H24N4. The second kappa shape index (κ2) is 5.00. The standard InChI is InChI=1S/C14H24N4/c1-2-18-13(15-11-17-18)10-14(12-6-7-12)8-4-3-5-9-16-14/h11-12,16H,2-10H2,1H3. The molecule has 1 N–H and O–H groups in total. The lowest BCUT2D eigenvalue weighted by Crippen LogP contribution is -2.49. The minimum atomic E-state index is 0.316. The van der Waals surface area contributed by atoms with E-state index in [1.807, 2.05) is 0 Å². The fourth-order valence-corrected chi connectivity index (χ4v) is 3.42. The van der Waals surface area contributed by atoms with E-state index in [4.69, 9.17) is 0 Å². The van der Waals surface area contributed by atoms with Crippen LogP contribution in [0.3, 0.4) is 0 Å². The maximum atomic E-state index is 4.48. The molecule has 0 bridgehead atoms. The second-order valence-corrected chi connectivity index (χ2v) is 5.84.